The third kappa shape index (κ3) is 29.5. The summed E-state index contributed by atoms with van der Waals surface area (Å²) in [6, 6.07) is 77.2. The average Bonchev–Trinajstić information content (AvgIpc) is 0.727. The van der Waals surface area contributed by atoms with Gasteiger partial charge >= 0.3 is 17.9 Å². The second-order valence-corrected chi connectivity index (χ2v) is 46.3. The van der Waals surface area contributed by atoms with Gasteiger partial charge in [0.25, 0.3) is 0 Å². The lowest BCUT2D eigenvalue weighted by atomic mass is 9.93. The summed E-state index contributed by atoms with van der Waals surface area (Å²) in [5.74, 6) is -11.3. The van der Waals surface area contributed by atoms with Gasteiger partial charge in [-0.25, -0.2) is 0 Å². The van der Waals surface area contributed by atoms with Crippen molar-refractivity contribution in [3.05, 3.63) is 287 Å². The number of ether oxygens (including phenoxy) is 28. The summed E-state index contributed by atoms with van der Waals surface area (Å²) >= 11 is 20.6. The standard InChI is InChI=1S/C112H141Cl3O32SSi/c1-15-148-107-102(141-87(118)58-115)95(142-106-101-96(145-111(7,121-11)112(8,122-12)147-101)91(140-86(117)57-114)82(137-106)70-132-103-98(130-65-78-52-36-22-37-53-78)93(128-63-76-48-32-20-33-49-76)88(125-60-73-42-26-17-27-43-73)80(135-103)67-123-59-72-40-24-16-25-41-72)90(127-62-75-46-30-19-31-47-75)81(139-107)69-133-104-100(97-92(83(136-104)68-124-85(116)56-113)144-109(5,119-9)110(6,120-10)146-97)143-105-99(131-66-79-54-38-23-39-55-79)94(129-64-77-50-34-21-35-51-77)89(126-61-74-44-28-18-29-45-74)84(138-105)71-134-149(13,14)108(2,3)4/h16-55,80-84,88-107H,15,56-71H2,1-14H3. The van der Waals surface area contributed by atoms with Crippen molar-refractivity contribution in [3.63, 3.8) is 0 Å². The number of esters is 3. The maximum atomic E-state index is 14.6. The number of hydrogen-bond acceptors (Lipinski definition) is 33. The van der Waals surface area contributed by atoms with E-state index in [1.54, 1.807) is 27.7 Å². The molecule has 0 aromatic heterocycles. The first kappa shape index (κ1) is 116. The van der Waals surface area contributed by atoms with Gasteiger partial charge < -0.3 is 137 Å². The maximum absolute atomic E-state index is 14.6. The number of benzene rings is 8. The molecule has 7 aliphatic heterocycles. The minimum atomic E-state index is -2.66. The number of carbonyl (C=O) groups is 3. The summed E-state index contributed by atoms with van der Waals surface area (Å²) in [6.07, 6.45) is -32.0. The van der Waals surface area contributed by atoms with Gasteiger partial charge in [0.1, 0.15) is 140 Å². The van der Waals surface area contributed by atoms with E-state index in [-0.39, 0.29) is 71.1 Å². The number of methoxy groups -OCH3 is 4. The summed E-state index contributed by atoms with van der Waals surface area (Å²) in [6.45, 7) is 18.0. The van der Waals surface area contributed by atoms with Gasteiger partial charge in [-0.1, -0.05) is 270 Å². The van der Waals surface area contributed by atoms with Gasteiger partial charge in [0, 0.05) is 28.4 Å². The van der Waals surface area contributed by atoms with Gasteiger partial charge in [-0.3, -0.25) is 14.4 Å². The van der Waals surface area contributed by atoms with Crippen LogP contribution in [0.25, 0.3) is 0 Å². The van der Waals surface area contributed by atoms with Crippen molar-refractivity contribution >= 4 is 72.8 Å². The Hall–Kier alpha value is -7.43. The van der Waals surface area contributed by atoms with Crippen molar-refractivity contribution in [2.45, 2.75) is 302 Å². The van der Waals surface area contributed by atoms with Crippen LogP contribution >= 0.6 is 46.6 Å². The van der Waals surface area contributed by atoms with E-state index < -0.39 is 240 Å². The topological polar surface area (TPSA) is 319 Å². The number of alkyl halides is 3. The van der Waals surface area contributed by atoms with Gasteiger partial charge in [0.2, 0.25) is 23.1 Å². The first-order valence-corrected chi connectivity index (χ1v) is 56.0. The minimum Gasteiger partial charge on any atom is -0.462 e. The third-order valence-electron chi connectivity index (χ3n) is 28.4. The quantitative estimate of drug-likeness (QED) is 0.0148. The number of hydrogen-bond donors (Lipinski definition) is 0. The monoisotopic (exact) mass is 2160 g/mol. The number of fused-ring (bicyclic) bond motifs is 2. The molecule has 0 N–H and O–H groups in total. The maximum Gasteiger partial charge on any atom is 0.321 e. The predicted octanol–water partition coefficient (Wildman–Crippen LogP) is 16.6. The Balaban J connectivity index is 0.849. The molecular weight excluding hydrogens is 2020 g/mol. The minimum absolute atomic E-state index is 0.00361. The molecule has 8 aromatic rings. The molecule has 7 aliphatic rings. The zero-order valence-corrected chi connectivity index (χ0v) is 90.7. The smallest absolute Gasteiger partial charge is 0.321 e. The Morgan fingerprint density at radius 2 is 0.617 bits per heavy atom. The van der Waals surface area contributed by atoms with Crippen molar-refractivity contribution < 1.29 is 151 Å². The Kier molecular flexibility index (Phi) is 42.5. The molecule has 0 aliphatic carbocycles. The van der Waals surface area contributed by atoms with Crippen molar-refractivity contribution in [2.75, 3.05) is 84.9 Å². The van der Waals surface area contributed by atoms with Gasteiger partial charge in [-0.15, -0.1) is 46.6 Å². The van der Waals surface area contributed by atoms with Gasteiger partial charge in [-0.2, -0.15) is 0 Å². The molecule has 0 saturated carbocycles. The average molecular weight is 2170 g/mol. The predicted molar refractivity (Wildman–Crippen MR) is 551 cm³/mol. The molecule has 29 atom stereocenters. The van der Waals surface area contributed by atoms with Crippen LogP contribution in [-0.4, -0.2) is 287 Å². The fourth-order valence-electron chi connectivity index (χ4n) is 18.7. The second-order valence-electron chi connectivity index (χ2n) is 39.4. The van der Waals surface area contributed by atoms with E-state index in [4.69, 9.17) is 172 Å². The third-order valence-corrected chi connectivity index (χ3v) is 34.6. The Bertz CT molecular complexity index is 5340. The van der Waals surface area contributed by atoms with Crippen LogP contribution in [-0.2, 0) is 204 Å². The molecule has 32 nitrogen and oxygen atoms in total. The van der Waals surface area contributed by atoms with Crippen LogP contribution < -0.4 is 0 Å². The van der Waals surface area contributed by atoms with Crippen molar-refractivity contribution in [1.82, 2.24) is 0 Å². The number of halogens is 3. The molecule has 7 fully saturated rings. The molecule has 8 aromatic carbocycles. The number of carbonyl (C=O) groups excluding carboxylic acids is 3. The van der Waals surface area contributed by atoms with E-state index in [0.29, 0.717) is 11.3 Å². The molecular formula is C112H141Cl3O32SSi. The van der Waals surface area contributed by atoms with E-state index in [9.17, 15) is 14.4 Å². The zero-order valence-electron chi connectivity index (χ0n) is 86.7. The highest BCUT2D eigenvalue weighted by atomic mass is 35.5. The van der Waals surface area contributed by atoms with Crippen LogP contribution in [0, 0.1) is 0 Å². The highest BCUT2D eigenvalue weighted by Gasteiger charge is 2.68. The number of thioether (sulfide) groups is 1. The van der Waals surface area contributed by atoms with E-state index in [2.05, 4.69) is 33.9 Å². The first-order valence-electron chi connectivity index (χ1n) is 50.4. The molecule has 0 amide bonds. The summed E-state index contributed by atoms with van der Waals surface area (Å²) < 4.78 is 205. The van der Waals surface area contributed by atoms with Gasteiger partial charge in [0.15, 0.2) is 45.7 Å². The highest BCUT2D eigenvalue weighted by molar-refractivity contribution is 7.99. The van der Waals surface area contributed by atoms with E-state index >= 15 is 0 Å². The fraction of sp³-hybridized carbons (Fsp3) is 0.545. The van der Waals surface area contributed by atoms with Crippen LogP contribution in [0.4, 0.5) is 0 Å². The molecule has 149 heavy (non-hydrogen) atoms. The summed E-state index contributed by atoms with van der Waals surface area (Å²) in [4.78, 5) is 42.7. The van der Waals surface area contributed by atoms with E-state index in [0.717, 1.165) is 38.9 Å². The largest absolute Gasteiger partial charge is 0.462 e. The van der Waals surface area contributed by atoms with Crippen LogP contribution in [0.15, 0.2) is 243 Å². The molecule has 7 heterocycles. The fourth-order valence-corrected chi connectivity index (χ4v) is 20.9. The molecule has 29 unspecified atom stereocenters. The molecule has 0 bridgehead atoms. The van der Waals surface area contributed by atoms with E-state index in [1.165, 1.54) is 40.2 Å². The van der Waals surface area contributed by atoms with E-state index in [1.807, 2.05) is 250 Å². The highest BCUT2D eigenvalue weighted by Crippen LogP contribution is 2.51. The lowest BCUT2D eigenvalue weighted by Crippen LogP contribution is -2.74. The summed E-state index contributed by atoms with van der Waals surface area (Å²) in [5.41, 5.74) is 5.42. The van der Waals surface area contributed by atoms with Crippen LogP contribution in [0.1, 0.15) is 99.9 Å². The van der Waals surface area contributed by atoms with Crippen LogP contribution in [0.5, 0.6) is 0 Å². The normalized spacial score (nSPS) is 32.2. The lowest BCUT2D eigenvalue weighted by molar-refractivity contribution is -0.489. The van der Waals surface area contributed by atoms with Gasteiger partial charge in [-0.05, 0) is 96.1 Å². The summed E-state index contributed by atoms with van der Waals surface area (Å²) in [5, 5.41) is -0.282. The molecule has 0 radical (unpaired) electrons. The molecule has 37 heteroatoms. The first-order chi connectivity index (χ1) is 72.0. The van der Waals surface area contributed by atoms with Crippen molar-refractivity contribution in [3.8, 4) is 0 Å². The van der Waals surface area contributed by atoms with Crippen molar-refractivity contribution in [1.29, 1.82) is 0 Å². The molecule has 0 spiro atoms. The Labute approximate surface area is 892 Å². The Morgan fingerprint density at radius 1 is 0.315 bits per heavy atom. The van der Waals surface area contributed by atoms with Crippen LogP contribution in [0.2, 0.25) is 18.1 Å². The number of rotatable bonds is 51. The van der Waals surface area contributed by atoms with Gasteiger partial charge in [0.05, 0.1) is 79.3 Å². The van der Waals surface area contributed by atoms with Crippen molar-refractivity contribution in [2.24, 2.45) is 0 Å². The molecule has 15 rings (SSSR count). The second kappa shape index (κ2) is 54.8. The Morgan fingerprint density at radius 3 is 1.01 bits per heavy atom. The lowest BCUT2D eigenvalue weighted by Gasteiger charge is -2.58. The molecule has 812 valence electrons. The molecule has 7 saturated heterocycles. The SMILES string of the molecule is CCSC1OC(COC2OC(COC(=O)CCl)C3OC(C)(OC)C(C)(OC)OC3C2OC2OC(CO[Si](C)(C)C(C)(C)C)C(OCc3ccccc3)C(OCc3ccccc3)C2OCc2ccccc2)C(OCc2ccccc2)C(OC2OC(COC3OC(COCc4ccccc4)C(OCc4ccccc4)C(OCc4ccccc4)C3OCc3ccccc3)C(OC(=O)CCl)C3OC(C)(OC)C(C)(OC)OC23)C1OC(=O)CCl. The zero-order chi connectivity index (χ0) is 105. The van der Waals surface area contributed by atoms with Crippen LogP contribution in [0.3, 0.4) is 0 Å². The summed E-state index contributed by atoms with van der Waals surface area (Å²) in [7, 11) is 3.03.